The minimum Gasteiger partial charge on any atom is -0.492 e. The molecule has 1 aromatic carbocycles. The normalized spacial score (nSPS) is 11.6. The molecule has 0 bridgehead atoms. The number of ether oxygens (including phenoxy) is 1. The lowest BCUT2D eigenvalue weighted by Crippen LogP contribution is -2.11. The molecular weight excluding hydrogens is 268 g/mol. The van der Waals surface area contributed by atoms with Gasteiger partial charge in [0.2, 0.25) is 0 Å². The van der Waals surface area contributed by atoms with Crippen molar-refractivity contribution in [1.29, 1.82) is 0 Å². The lowest BCUT2D eigenvalue weighted by atomic mass is 9.93. The lowest BCUT2D eigenvalue weighted by molar-refractivity contribution is 0.241. The van der Waals surface area contributed by atoms with Crippen LogP contribution in [0.4, 0.5) is 0 Å². The van der Waals surface area contributed by atoms with Crippen LogP contribution >= 0.6 is 15.9 Å². The van der Waals surface area contributed by atoms with Crippen molar-refractivity contribution in [1.82, 2.24) is 0 Å². The Labute approximate surface area is 106 Å². The van der Waals surface area contributed by atoms with Gasteiger partial charge in [-0.2, -0.15) is 0 Å². The molecular formula is C13H19BrO2. The number of hydrogen-bond donors (Lipinski definition) is 1. The van der Waals surface area contributed by atoms with Gasteiger partial charge in [-0.05, 0) is 45.5 Å². The molecule has 0 aromatic heterocycles. The maximum atomic E-state index is 8.97. The van der Waals surface area contributed by atoms with E-state index in [0.717, 1.165) is 22.2 Å². The van der Waals surface area contributed by atoms with E-state index in [9.17, 15) is 0 Å². The fourth-order valence-electron chi connectivity index (χ4n) is 1.23. The van der Waals surface area contributed by atoms with Crippen LogP contribution in [0, 0.1) is 5.41 Å². The molecule has 0 saturated heterocycles. The predicted octanol–water partition coefficient (Wildman–Crippen LogP) is 3.76. The second kappa shape index (κ2) is 5.69. The van der Waals surface area contributed by atoms with Gasteiger partial charge in [0.15, 0.2) is 0 Å². The first-order valence-corrected chi connectivity index (χ1v) is 6.24. The Morgan fingerprint density at radius 1 is 1.31 bits per heavy atom. The molecule has 0 atom stereocenters. The summed E-state index contributed by atoms with van der Waals surface area (Å²) in [6.07, 6.45) is 1.02. The zero-order valence-corrected chi connectivity index (χ0v) is 11.7. The highest BCUT2D eigenvalue weighted by Gasteiger charge is 2.10. The van der Waals surface area contributed by atoms with Crippen molar-refractivity contribution >= 4 is 15.9 Å². The van der Waals surface area contributed by atoms with Gasteiger partial charge in [-0.15, -0.1) is 0 Å². The molecule has 0 radical (unpaired) electrons. The molecule has 0 fully saturated rings. The molecule has 0 unspecified atom stereocenters. The van der Waals surface area contributed by atoms with Gasteiger partial charge in [0.05, 0.1) is 17.7 Å². The molecule has 0 amide bonds. The third kappa shape index (κ3) is 4.54. The van der Waals surface area contributed by atoms with Gasteiger partial charge >= 0.3 is 0 Å². The summed E-state index contributed by atoms with van der Waals surface area (Å²) in [7, 11) is 0. The molecule has 2 nitrogen and oxygen atoms in total. The van der Waals surface area contributed by atoms with E-state index >= 15 is 0 Å². The van der Waals surface area contributed by atoms with E-state index < -0.39 is 0 Å². The molecule has 0 heterocycles. The van der Waals surface area contributed by atoms with Gasteiger partial charge in [-0.3, -0.25) is 0 Å². The maximum Gasteiger partial charge on any atom is 0.133 e. The summed E-state index contributed by atoms with van der Waals surface area (Å²) in [5.41, 5.74) is 1.17. The monoisotopic (exact) mass is 286 g/mol. The number of halogens is 1. The molecule has 1 aromatic rings. The third-order valence-electron chi connectivity index (χ3n) is 2.29. The Morgan fingerprint density at radius 3 is 2.50 bits per heavy atom. The highest BCUT2D eigenvalue weighted by Crippen LogP contribution is 2.27. The smallest absolute Gasteiger partial charge is 0.133 e. The lowest BCUT2D eigenvalue weighted by Gasteiger charge is -2.18. The Morgan fingerprint density at radius 2 is 2.00 bits per heavy atom. The van der Waals surface area contributed by atoms with Crippen molar-refractivity contribution in [2.45, 2.75) is 33.8 Å². The van der Waals surface area contributed by atoms with E-state index in [1.165, 1.54) is 0 Å². The van der Waals surface area contributed by atoms with Crippen LogP contribution in [0.25, 0.3) is 0 Å². The van der Waals surface area contributed by atoms with Crippen LogP contribution in [0.5, 0.6) is 5.75 Å². The summed E-state index contributed by atoms with van der Waals surface area (Å²) < 4.78 is 6.58. The SMILES string of the molecule is CC(C)(C)CCOc1ccc(CO)cc1Br. The third-order valence-corrected chi connectivity index (χ3v) is 2.91. The highest BCUT2D eigenvalue weighted by molar-refractivity contribution is 9.10. The van der Waals surface area contributed by atoms with Gasteiger partial charge < -0.3 is 9.84 Å². The first-order valence-electron chi connectivity index (χ1n) is 5.44. The first-order chi connectivity index (χ1) is 7.42. The Hall–Kier alpha value is -0.540. The van der Waals surface area contributed by atoms with Crippen molar-refractivity contribution in [2.75, 3.05) is 6.61 Å². The van der Waals surface area contributed by atoms with E-state index in [4.69, 9.17) is 9.84 Å². The summed E-state index contributed by atoms with van der Waals surface area (Å²) in [5.74, 6) is 0.835. The van der Waals surface area contributed by atoms with Gasteiger partial charge in [0, 0.05) is 0 Å². The molecule has 0 saturated carbocycles. The van der Waals surface area contributed by atoms with Crippen LogP contribution in [0.3, 0.4) is 0 Å². The van der Waals surface area contributed by atoms with Crippen molar-refractivity contribution in [3.05, 3.63) is 28.2 Å². The molecule has 0 aliphatic carbocycles. The zero-order chi connectivity index (χ0) is 12.2. The molecule has 0 aliphatic heterocycles. The van der Waals surface area contributed by atoms with Crippen molar-refractivity contribution in [3.63, 3.8) is 0 Å². The van der Waals surface area contributed by atoms with E-state index in [-0.39, 0.29) is 12.0 Å². The van der Waals surface area contributed by atoms with E-state index in [1.807, 2.05) is 18.2 Å². The first kappa shape index (κ1) is 13.5. The fraction of sp³-hybridized carbons (Fsp3) is 0.538. The van der Waals surface area contributed by atoms with Crippen LogP contribution < -0.4 is 4.74 Å². The average molecular weight is 287 g/mol. The zero-order valence-electron chi connectivity index (χ0n) is 10.1. The second-order valence-corrected chi connectivity index (χ2v) is 5.94. The Balaban J connectivity index is 2.55. The maximum absolute atomic E-state index is 8.97. The van der Waals surface area contributed by atoms with E-state index in [2.05, 4.69) is 36.7 Å². The summed E-state index contributed by atoms with van der Waals surface area (Å²) in [4.78, 5) is 0. The molecule has 0 spiro atoms. The topological polar surface area (TPSA) is 29.5 Å². The van der Waals surface area contributed by atoms with Crippen LogP contribution in [0.2, 0.25) is 0 Å². The molecule has 1 N–H and O–H groups in total. The second-order valence-electron chi connectivity index (χ2n) is 5.08. The number of benzene rings is 1. The van der Waals surface area contributed by atoms with Crippen LogP contribution in [0.1, 0.15) is 32.8 Å². The predicted molar refractivity (Wildman–Crippen MR) is 69.6 cm³/mol. The van der Waals surface area contributed by atoms with E-state index in [1.54, 1.807) is 0 Å². The van der Waals surface area contributed by atoms with Crippen molar-refractivity contribution in [2.24, 2.45) is 5.41 Å². The molecule has 16 heavy (non-hydrogen) atoms. The molecule has 1 rings (SSSR count). The largest absolute Gasteiger partial charge is 0.492 e. The van der Waals surface area contributed by atoms with Crippen LogP contribution in [-0.4, -0.2) is 11.7 Å². The standard InChI is InChI=1S/C13H19BrO2/c1-13(2,3)6-7-16-12-5-4-10(9-15)8-11(12)14/h4-5,8,15H,6-7,9H2,1-3H3. The highest BCUT2D eigenvalue weighted by atomic mass is 79.9. The van der Waals surface area contributed by atoms with Crippen LogP contribution in [0.15, 0.2) is 22.7 Å². The quantitative estimate of drug-likeness (QED) is 0.913. The van der Waals surface area contributed by atoms with Crippen LogP contribution in [-0.2, 0) is 6.61 Å². The van der Waals surface area contributed by atoms with Gasteiger partial charge in [-0.25, -0.2) is 0 Å². The summed E-state index contributed by atoms with van der Waals surface area (Å²) in [5, 5.41) is 8.97. The minimum absolute atomic E-state index is 0.0564. The molecule has 0 aliphatic rings. The van der Waals surface area contributed by atoms with Gasteiger partial charge in [-0.1, -0.05) is 26.8 Å². The van der Waals surface area contributed by atoms with Crippen molar-refractivity contribution in [3.8, 4) is 5.75 Å². The van der Waals surface area contributed by atoms with Gasteiger partial charge in [0.25, 0.3) is 0 Å². The average Bonchev–Trinajstić information content (AvgIpc) is 2.18. The number of aliphatic hydroxyl groups excluding tert-OH is 1. The van der Waals surface area contributed by atoms with Crippen molar-refractivity contribution < 1.29 is 9.84 Å². The number of rotatable bonds is 4. The fourth-order valence-corrected chi connectivity index (χ4v) is 1.77. The Kier molecular flexibility index (Phi) is 4.81. The molecule has 3 heteroatoms. The Bertz CT molecular complexity index is 342. The summed E-state index contributed by atoms with van der Waals surface area (Å²) >= 11 is 3.43. The summed E-state index contributed by atoms with van der Waals surface area (Å²) in [6, 6.07) is 5.64. The van der Waals surface area contributed by atoms with Gasteiger partial charge in [0.1, 0.15) is 5.75 Å². The molecule has 90 valence electrons. The van der Waals surface area contributed by atoms with E-state index in [0.29, 0.717) is 6.61 Å². The number of hydrogen-bond acceptors (Lipinski definition) is 2. The summed E-state index contributed by atoms with van der Waals surface area (Å²) in [6.45, 7) is 7.35. The number of aliphatic hydroxyl groups is 1. The minimum atomic E-state index is 0.0564.